The molecule has 3 unspecified atom stereocenters. The molecule has 1 aliphatic heterocycles. The topological polar surface area (TPSA) is 79.4 Å². The number of anilines is 1. The van der Waals surface area contributed by atoms with Crippen molar-refractivity contribution in [1.29, 1.82) is 0 Å². The van der Waals surface area contributed by atoms with Crippen LogP contribution in [0.4, 0.5) is 5.82 Å². The number of carbonyl (C=O) groups is 1. The molecule has 2 aliphatic rings. The zero-order valence-electron chi connectivity index (χ0n) is 14.9. The number of hydrogen-bond acceptors (Lipinski definition) is 5. The minimum atomic E-state index is -2.98. The van der Waals surface area contributed by atoms with Crippen molar-refractivity contribution in [2.24, 2.45) is 11.8 Å². The molecule has 1 aromatic heterocycles. The van der Waals surface area contributed by atoms with E-state index in [-0.39, 0.29) is 30.5 Å². The normalized spacial score (nSPS) is 29.2. The molecule has 0 bridgehead atoms. The molecule has 1 aromatic rings. The van der Waals surface area contributed by atoms with Crippen LogP contribution in [0.15, 0.2) is 18.3 Å². The monoisotopic (exact) mass is 365 g/mol. The highest BCUT2D eigenvalue weighted by molar-refractivity contribution is 7.91. The summed E-state index contributed by atoms with van der Waals surface area (Å²) in [6.07, 6.45) is 5.19. The van der Waals surface area contributed by atoms with E-state index in [1.807, 2.05) is 6.07 Å². The number of rotatable bonds is 3. The number of hydrogen-bond donors (Lipinski definition) is 1. The van der Waals surface area contributed by atoms with Crippen LogP contribution in [-0.2, 0) is 9.84 Å². The van der Waals surface area contributed by atoms with Crippen LogP contribution in [0.3, 0.4) is 0 Å². The second-order valence-electron chi connectivity index (χ2n) is 7.52. The molecule has 1 amide bonds. The maximum absolute atomic E-state index is 12.5. The Morgan fingerprint density at radius 3 is 2.52 bits per heavy atom. The molecule has 1 saturated heterocycles. The van der Waals surface area contributed by atoms with Crippen molar-refractivity contribution in [3.63, 3.8) is 0 Å². The first-order valence-corrected chi connectivity index (χ1v) is 10.9. The molecule has 0 spiro atoms. The predicted molar refractivity (Wildman–Crippen MR) is 98.4 cm³/mol. The maximum Gasteiger partial charge on any atom is 0.255 e. The largest absolute Gasteiger partial charge is 0.367 e. The summed E-state index contributed by atoms with van der Waals surface area (Å²) < 4.78 is 23.0. The van der Waals surface area contributed by atoms with Gasteiger partial charge in [0.15, 0.2) is 9.84 Å². The van der Waals surface area contributed by atoms with E-state index < -0.39 is 9.84 Å². The fourth-order valence-corrected chi connectivity index (χ4v) is 4.97. The van der Waals surface area contributed by atoms with Gasteiger partial charge in [0.2, 0.25) is 0 Å². The third-order valence-electron chi connectivity index (χ3n) is 5.41. The van der Waals surface area contributed by atoms with Crippen LogP contribution in [-0.4, -0.2) is 54.8 Å². The lowest BCUT2D eigenvalue weighted by Crippen LogP contribution is -2.43. The molecule has 138 valence electrons. The number of amides is 1. The summed E-state index contributed by atoms with van der Waals surface area (Å²) in [6, 6.07) is 4.05. The average Bonchev–Trinajstić information content (AvgIpc) is 2.57. The van der Waals surface area contributed by atoms with Gasteiger partial charge in [-0.15, -0.1) is 0 Å². The highest BCUT2D eigenvalue weighted by atomic mass is 32.2. The summed E-state index contributed by atoms with van der Waals surface area (Å²) in [5, 5.41) is 3.49. The van der Waals surface area contributed by atoms with Gasteiger partial charge < -0.3 is 10.2 Å². The van der Waals surface area contributed by atoms with E-state index in [2.05, 4.69) is 24.1 Å². The smallest absolute Gasteiger partial charge is 0.255 e. The van der Waals surface area contributed by atoms with E-state index in [1.54, 1.807) is 17.2 Å². The quantitative estimate of drug-likeness (QED) is 0.888. The van der Waals surface area contributed by atoms with Crippen LogP contribution >= 0.6 is 0 Å². The Balaban J connectivity index is 1.59. The van der Waals surface area contributed by atoms with Crippen LogP contribution in [0.5, 0.6) is 0 Å². The van der Waals surface area contributed by atoms with Gasteiger partial charge in [0.1, 0.15) is 5.82 Å². The molecule has 6 nitrogen and oxygen atoms in total. The molecule has 1 aliphatic carbocycles. The molecule has 25 heavy (non-hydrogen) atoms. The van der Waals surface area contributed by atoms with Crippen molar-refractivity contribution in [1.82, 2.24) is 9.88 Å². The molecule has 3 atom stereocenters. The standard InChI is InChI=1S/C18H27N3O3S/c1-13-3-5-16(14(2)11-13)20-17-6-4-15(12-19-17)18(22)21-7-9-25(23,24)10-8-21/h4,6,12-14,16H,3,5,7-11H2,1-2H3,(H,19,20). The molecule has 1 N–H and O–H groups in total. The summed E-state index contributed by atoms with van der Waals surface area (Å²) in [5.74, 6) is 2.14. The Morgan fingerprint density at radius 1 is 1.20 bits per heavy atom. The third kappa shape index (κ3) is 4.51. The van der Waals surface area contributed by atoms with E-state index >= 15 is 0 Å². The van der Waals surface area contributed by atoms with Crippen LogP contribution in [0, 0.1) is 11.8 Å². The van der Waals surface area contributed by atoms with E-state index in [4.69, 9.17) is 0 Å². The fraction of sp³-hybridized carbons (Fsp3) is 0.667. The second-order valence-corrected chi connectivity index (χ2v) is 9.83. The van der Waals surface area contributed by atoms with Crippen LogP contribution in [0.1, 0.15) is 43.5 Å². The third-order valence-corrected chi connectivity index (χ3v) is 7.02. The Bertz CT molecular complexity index is 704. The molecular weight excluding hydrogens is 338 g/mol. The lowest BCUT2D eigenvalue weighted by Gasteiger charge is -2.33. The predicted octanol–water partition coefficient (Wildman–Crippen LogP) is 2.19. The molecule has 7 heteroatoms. The van der Waals surface area contributed by atoms with E-state index in [9.17, 15) is 13.2 Å². The zero-order valence-corrected chi connectivity index (χ0v) is 15.8. The molecule has 2 heterocycles. The summed E-state index contributed by atoms with van der Waals surface area (Å²) >= 11 is 0. The van der Waals surface area contributed by atoms with E-state index in [1.165, 1.54) is 12.8 Å². The maximum atomic E-state index is 12.5. The SMILES string of the molecule is CC1CCC(Nc2ccc(C(=O)N3CCS(=O)(=O)CC3)cn2)C(C)C1. The van der Waals surface area contributed by atoms with Crippen molar-refractivity contribution >= 4 is 21.6 Å². The van der Waals surface area contributed by atoms with Gasteiger partial charge in [-0.3, -0.25) is 4.79 Å². The average molecular weight is 365 g/mol. The van der Waals surface area contributed by atoms with Gasteiger partial charge in [0, 0.05) is 25.3 Å². The molecule has 0 radical (unpaired) electrons. The van der Waals surface area contributed by atoms with Gasteiger partial charge in [0.25, 0.3) is 5.91 Å². The van der Waals surface area contributed by atoms with E-state index in [0.717, 1.165) is 18.2 Å². The minimum absolute atomic E-state index is 0.0454. The summed E-state index contributed by atoms with van der Waals surface area (Å²) in [6.45, 7) is 5.10. The Morgan fingerprint density at radius 2 is 1.92 bits per heavy atom. The number of pyridine rings is 1. The Hall–Kier alpha value is -1.63. The molecule has 0 aromatic carbocycles. The number of sulfone groups is 1. The Kier molecular flexibility index (Phi) is 5.32. The van der Waals surface area contributed by atoms with Crippen molar-refractivity contribution in [3.8, 4) is 0 Å². The summed E-state index contributed by atoms with van der Waals surface area (Å²) in [4.78, 5) is 18.5. The minimum Gasteiger partial charge on any atom is -0.367 e. The van der Waals surface area contributed by atoms with Crippen LogP contribution in [0.25, 0.3) is 0 Å². The van der Waals surface area contributed by atoms with Crippen LogP contribution in [0.2, 0.25) is 0 Å². The molecule has 3 rings (SSSR count). The second kappa shape index (κ2) is 7.32. The fourth-order valence-electron chi connectivity index (χ4n) is 3.77. The van der Waals surface area contributed by atoms with Crippen LogP contribution < -0.4 is 5.32 Å². The molecular formula is C18H27N3O3S. The van der Waals surface area contributed by atoms with Gasteiger partial charge in [0.05, 0.1) is 17.1 Å². The molecule has 2 fully saturated rings. The summed E-state index contributed by atoms with van der Waals surface area (Å²) in [7, 11) is -2.98. The summed E-state index contributed by atoms with van der Waals surface area (Å²) in [5.41, 5.74) is 0.509. The highest BCUT2D eigenvalue weighted by Crippen LogP contribution is 2.30. The first kappa shape index (κ1) is 18.2. The number of aromatic nitrogens is 1. The zero-order chi connectivity index (χ0) is 18.0. The lowest BCUT2D eigenvalue weighted by atomic mass is 9.80. The van der Waals surface area contributed by atoms with Gasteiger partial charge in [-0.1, -0.05) is 13.8 Å². The van der Waals surface area contributed by atoms with Crippen molar-refractivity contribution in [3.05, 3.63) is 23.9 Å². The first-order chi connectivity index (χ1) is 11.8. The van der Waals surface area contributed by atoms with Gasteiger partial charge in [-0.05, 0) is 43.2 Å². The highest BCUT2D eigenvalue weighted by Gasteiger charge is 2.27. The van der Waals surface area contributed by atoms with Crippen molar-refractivity contribution in [2.45, 2.75) is 39.2 Å². The number of carbonyl (C=O) groups excluding carboxylic acids is 1. The van der Waals surface area contributed by atoms with Gasteiger partial charge >= 0.3 is 0 Å². The van der Waals surface area contributed by atoms with E-state index in [0.29, 0.717) is 17.5 Å². The van der Waals surface area contributed by atoms with Crippen molar-refractivity contribution < 1.29 is 13.2 Å². The number of nitrogens with zero attached hydrogens (tertiary/aromatic N) is 2. The van der Waals surface area contributed by atoms with Gasteiger partial charge in [-0.25, -0.2) is 13.4 Å². The van der Waals surface area contributed by atoms with Crippen molar-refractivity contribution in [2.75, 3.05) is 29.9 Å². The lowest BCUT2D eigenvalue weighted by molar-refractivity contribution is 0.0770. The Labute approximate surface area is 149 Å². The van der Waals surface area contributed by atoms with Gasteiger partial charge in [-0.2, -0.15) is 0 Å². The first-order valence-electron chi connectivity index (χ1n) is 9.06. The molecule has 1 saturated carbocycles. The number of nitrogens with one attached hydrogen (secondary N) is 1.